The molecule has 4 heteroatoms. The maximum atomic E-state index is 10.9. The number of hydrogen-bond acceptors (Lipinski definition) is 3. The molecule has 0 aromatic heterocycles. The molecule has 1 saturated heterocycles. The van der Waals surface area contributed by atoms with Crippen molar-refractivity contribution in [2.45, 2.75) is 18.1 Å². The molecule has 3 nitrogen and oxygen atoms in total. The molecule has 0 aromatic rings. The minimum atomic E-state index is -0.826. The van der Waals surface area contributed by atoms with Crippen LogP contribution in [0.5, 0.6) is 0 Å². The summed E-state index contributed by atoms with van der Waals surface area (Å²) in [4.78, 5) is 21.6. The first-order valence-corrected chi connectivity index (χ1v) is 4.18. The maximum absolute atomic E-state index is 10.9. The van der Waals surface area contributed by atoms with E-state index in [4.69, 9.17) is 4.74 Å². The molecule has 64 valence electrons. The number of ether oxygens (including phenoxy) is 1. The summed E-state index contributed by atoms with van der Waals surface area (Å²) in [6, 6.07) is 0. The molecular weight excluding hydrogens is 176 g/mol. The van der Waals surface area contributed by atoms with E-state index in [2.05, 4.69) is 12.6 Å². The van der Waals surface area contributed by atoms with Crippen molar-refractivity contribution >= 4 is 24.0 Å². The predicted molar refractivity (Wildman–Crippen MR) is 44.9 cm³/mol. The lowest BCUT2D eigenvalue weighted by Gasteiger charge is -2.14. The molecule has 1 fully saturated rings. The minimum absolute atomic E-state index is 0.201. The second kappa shape index (κ2) is 2.44. The van der Waals surface area contributed by atoms with E-state index in [1.807, 2.05) is 0 Å². The first-order valence-electron chi connectivity index (χ1n) is 3.73. The number of hydrogen-bond donors (Lipinski definition) is 1. The Bertz CT molecular complexity index is 273. The van der Waals surface area contributed by atoms with Crippen molar-refractivity contribution in [2.75, 3.05) is 0 Å². The van der Waals surface area contributed by atoms with Crippen LogP contribution >= 0.6 is 12.6 Å². The van der Waals surface area contributed by atoms with Crippen molar-refractivity contribution in [3.05, 3.63) is 12.2 Å². The summed E-state index contributed by atoms with van der Waals surface area (Å²) in [7, 11) is 0. The molecule has 0 spiro atoms. The highest BCUT2D eigenvalue weighted by molar-refractivity contribution is 7.96. The van der Waals surface area contributed by atoms with Gasteiger partial charge < -0.3 is 4.74 Å². The average molecular weight is 184 g/mol. The summed E-state index contributed by atoms with van der Waals surface area (Å²) >= 11 is 3.73. The summed E-state index contributed by atoms with van der Waals surface area (Å²) in [5.74, 6) is -0.247. The zero-order valence-corrected chi connectivity index (χ0v) is 7.16. The quantitative estimate of drug-likeness (QED) is 0.383. The smallest absolute Gasteiger partial charge is 0.192 e. The van der Waals surface area contributed by atoms with E-state index in [9.17, 15) is 9.59 Å². The Morgan fingerprint density at radius 3 is 2.92 bits per heavy atom. The monoisotopic (exact) mass is 184 g/mol. The van der Waals surface area contributed by atoms with Gasteiger partial charge in [-0.25, -0.2) is 0 Å². The van der Waals surface area contributed by atoms with Gasteiger partial charge in [0.05, 0.1) is 12.0 Å². The van der Waals surface area contributed by atoms with Crippen LogP contribution in [0.4, 0.5) is 0 Å². The van der Waals surface area contributed by atoms with Gasteiger partial charge in [0, 0.05) is 6.42 Å². The van der Waals surface area contributed by atoms with Gasteiger partial charge in [-0.3, -0.25) is 9.59 Å². The Morgan fingerprint density at radius 2 is 2.50 bits per heavy atom. The molecule has 3 atom stereocenters. The number of carbonyl (C=O) groups excluding carboxylic acids is 2. The highest BCUT2D eigenvalue weighted by Crippen LogP contribution is 2.41. The van der Waals surface area contributed by atoms with E-state index in [1.54, 1.807) is 12.2 Å². The summed E-state index contributed by atoms with van der Waals surface area (Å²) in [5.41, 5.74) is -0.826. The fourth-order valence-electron chi connectivity index (χ4n) is 1.72. The van der Waals surface area contributed by atoms with Gasteiger partial charge in [0.15, 0.2) is 11.4 Å². The molecule has 0 N–H and O–H groups in total. The summed E-state index contributed by atoms with van der Waals surface area (Å²) in [6.45, 7) is 0. The van der Waals surface area contributed by atoms with Crippen LogP contribution in [0.2, 0.25) is 0 Å². The van der Waals surface area contributed by atoms with Gasteiger partial charge in [-0.15, -0.1) is 12.6 Å². The molecule has 0 radical (unpaired) electrons. The van der Waals surface area contributed by atoms with Crippen molar-refractivity contribution in [1.82, 2.24) is 0 Å². The molecule has 2 rings (SSSR count). The average Bonchev–Trinajstić information content (AvgIpc) is 2.61. The molecule has 2 bridgehead atoms. The van der Waals surface area contributed by atoms with Crippen LogP contribution in [0.1, 0.15) is 6.42 Å². The third-order valence-electron chi connectivity index (χ3n) is 2.38. The predicted octanol–water partition coefficient (Wildman–Crippen LogP) is 0.355. The third kappa shape index (κ3) is 0.949. The summed E-state index contributed by atoms with van der Waals surface area (Å²) in [5, 5.41) is -0.201. The number of fused-ring (bicyclic) bond motifs is 2. The maximum Gasteiger partial charge on any atom is 0.192 e. The summed E-state index contributed by atoms with van der Waals surface area (Å²) < 4.78 is 5.33. The third-order valence-corrected chi connectivity index (χ3v) is 2.71. The van der Waals surface area contributed by atoms with E-state index in [0.717, 1.165) is 6.29 Å². The molecule has 2 aliphatic rings. The van der Waals surface area contributed by atoms with Crippen LogP contribution in [0, 0.1) is 5.92 Å². The minimum Gasteiger partial charge on any atom is -0.355 e. The van der Waals surface area contributed by atoms with Gasteiger partial charge >= 0.3 is 0 Å². The molecule has 2 aliphatic heterocycles. The molecule has 0 aliphatic carbocycles. The number of rotatable bonds is 2. The standard InChI is InChI=1S/C8H8O3S/c9-4-8-2-1-6(11-8)5(3-8)7(10)12/h1-2,4-6H,3H2,(H,10,12). The first kappa shape index (κ1) is 8.01. The fourth-order valence-corrected chi connectivity index (χ4v) is 1.96. The van der Waals surface area contributed by atoms with Gasteiger partial charge in [0.1, 0.15) is 5.60 Å². The van der Waals surface area contributed by atoms with Crippen molar-refractivity contribution in [3.8, 4) is 0 Å². The zero-order chi connectivity index (χ0) is 8.77. The van der Waals surface area contributed by atoms with E-state index in [1.165, 1.54) is 0 Å². The van der Waals surface area contributed by atoms with E-state index >= 15 is 0 Å². The summed E-state index contributed by atoms with van der Waals surface area (Å²) in [6.07, 6.45) is 4.44. The van der Waals surface area contributed by atoms with E-state index < -0.39 is 5.60 Å². The van der Waals surface area contributed by atoms with Crippen LogP contribution < -0.4 is 0 Å². The van der Waals surface area contributed by atoms with Crippen molar-refractivity contribution in [1.29, 1.82) is 0 Å². The Labute approximate surface area is 75.2 Å². The highest BCUT2D eigenvalue weighted by Gasteiger charge is 2.50. The molecular formula is C8H8O3S. The first-order chi connectivity index (χ1) is 5.67. The number of thiol groups is 1. The normalized spacial score (nSPS) is 43.4. The lowest BCUT2D eigenvalue weighted by Crippen LogP contribution is -2.26. The van der Waals surface area contributed by atoms with E-state index in [0.29, 0.717) is 6.42 Å². The second-order valence-electron chi connectivity index (χ2n) is 3.16. The van der Waals surface area contributed by atoms with Gasteiger partial charge in [-0.1, -0.05) is 6.08 Å². The van der Waals surface area contributed by atoms with E-state index in [-0.39, 0.29) is 17.1 Å². The Morgan fingerprint density at radius 1 is 1.75 bits per heavy atom. The topological polar surface area (TPSA) is 43.4 Å². The molecule has 3 unspecified atom stereocenters. The molecule has 0 saturated carbocycles. The molecule has 2 heterocycles. The van der Waals surface area contributed by atoms with Gasteiger partial charge in [-0.2, -0.15) is 0 Å². The number of aldehydes is 1. The van der Waals surface area contributed by atoms with Crippen LogP contribution in [0.3, 0.4) is 0 Å². The largest absolute Gasteiger partial charge is 0.355 e. The lowest BCUT2D eigenvalue weighted by atomic mass is 9.88. The molecule has 0 amide bonds. The van der Waals surface area contributed by atoms with Gasteiger partial charge in [0.2, 0.25) is 0 Å². The molecule has 12 heavy (non-hydrogen) atoms. The van der Waals surface area contributed by atoms with Crippen molar-refractivity contribution in [2.24, 2.45) is 5.92 Å². The SMILES string of the molecule is O=CC12C=CC(O1)C(C(=O)S)C2. The Balaban J connectivity index is 2.26. The van der Waals surface area contributed by atoms with Crippen LogP contribution in [-0.2, 0) is 14.3 Å². The van der Waals surface area contributed by atoms with Crippen LogP contribution in [-0.4, -0.2) is 23.1 Å². The highest BCUT2D eigenvalue weighted by atomic mass is 32.1. The van der Waals surface area contributed by atoms with Crippen molar-refractivity contribution < 1.29 is 14.3 Å². The molecule has 0 aromatic carbocycles. The Hall–Kier alpha value is -0.610. The van der Waals surface area contributed by atoms with Crippen LogP contribution in [0.25, 0.3) is 0 Å². The second-order valence-corrected chi connectivity index (χ2v) is 3.60. The number of carbonyl (C=O) groups is 2. The lowest BCUT2D eigenvalue weighted by molar-refractivity contribution is -0.121. The zero-order valence-electron chi connectivity index (χ0n) is 6.27. The van der Waals surface area contributed by atoms with Crippen molar-refractivity contribution in [3.63, 3.8) is 0 Å². The fraction of sp³-hybridized carbons (Fsp3) is 0.500. The van der Waals surface area contributed by atoms with Gasteiger partial charge in [-0.05, 0) is 6.08 Å². The Kier molecular flexibility index (Phi) is 1.63. The van der Waals surface area contributed by atoms with Crippen LogP contribution in [0.15, 0.2) is 12.2 Å². The van der Waals surface area contributed by atoms with Gasteiger partial charge in [0.25, 0.3) is 0 Å².